The Morgan fingerprint density at radius 2 is 2.05 bits per heavy atom. The molecule has 2 saturated heterocycles. The molecule has 0 spiro atoms. The predicted octanol–water partition coefficient (Wildman–Crippen LogP) is 0.741. The van der Waals surface area contributed by atoms with Crippen LogP contribution in [0.3, 0.4) is 0 Å². The van der Waals surface area contributed by atoms with Gasteiger partial charge in [-0.3, -0.25) is 4.79 Å². The topological polar surface area (TPSA) is 53.7 Å². The molecule has 2 fully saturated rings. The third kappa shape index (κ3) is 2.25. The maximum absolute atomic E-state index is 12.4. The highest BCUT2D eigenvalue weighted by atomic mass is 32.2. The number of carbonyl (C=O) groups excluding carboxylic acids is 1. The van der Waals surface area contributed by atoms with Crippen LogP contribution in [-0.2, 0) is 4.79 Å². The standard InChI is InChI=1S/C14H17N5OS/c20-14(17-5-7-21-8-6-17)11-9-18(10-11)13-12-1-2-16-19(12)4-3-15-13/h1-4,11H,5-10H2. The number of anilines is 1. The van der Waals surface area contributed by atoms with Crippen molar-refractivity contribution in [3.8, 4) is 0 Å². The third-order valence-electron chi connectivity index (χ3n) is 4.16. The normalized spacial score (nSPS) is 19.8. The van der Waals surface area contributed by atoms with Gasteiger partial charge in [-0.1, -0.05) is 0 Å². The first kappa shape index (κ1) is 12.9. The summed E-state index contributed by atoms with van der Waals surface area (Å²) in [5.74, 6) is 3.50. The van der Waals surface area contributed by atoms with Gasteiger partial charge in [-0.25, -0.2) is 9.50 Å². The number of thioether (sulfide) groups is 1. The minimum atomic E-state index is 0.123. The summed E-state index contributed by atoms with van der Waals surface area (Å²) in [5.41, 5.74) is 0.998. The Bertz CT molecular complexity index is 660. The minimum absolute atomic E-state index is 0.123. The second kappa shape index (κ2) is 5.22. The van der Waals surface area contributed by atoms with Crippen LogP contribution in [-0.4, -0.2) is 63.1 Å². The average Bonchev–Trinajstić information content (AvgIpc) is 2.96. The Morgan fingerprint density at radius 3 is 2.86 bits per heavy atom. The molecule has 2 aliphatic rings. The van der Waals surface area contributed by atoms with Crippen LogP contribution in [0.15, 0.2) is 24.7 Å². The Kier molecular flexibility index (Phi) is 3.21. The summed E-state index contributed by atoms with van der Waals surface area (Å²) < 4.78 is 1.82. The van der Waals surface area contributed by atoms with Crippen LogP contribution in [0, 0.1) is 5.92 Å². The number of aromatic nitrogens is 3. The Balaban J connectivity index is 1.45. The van der Waals surface area contributed by atoms with Gasteiger partial charge in [0.1, 0.15) is 5.52 Å². The summed E-state index contributed by atoms with van der Waals surface area (Å²) in [4.78, 5) is 21.1. The molecule has 0 saturated carbocycles. The van der Waals surface area contributed by atoms with Crippen LogP contribution in [0.1, 0.15) is 0 Å². The molecule has 0 unspecified atom stereocenters. The summed E-state index contributed by atoms with van der Waals surface area (Å²) in [7, 11) is 0. The summed E-state index contributed by atoms with van der Waals surface area (Å²) in [6.45, 7) is 3.33. The first-order chi connectivity index (χ1) is 10.3. The molecule has 2 aromatic rings. The molecule has 4 rings (SSSR count). The van der Waals surface area contributed by atoms with Crippen LogP contribution in [0.2, 0.25) is 0 Å². The third-order valence-corrected chi connectivity index (χ3v) is 5.10. The van der Waals surface area contributed by atoms with Crippen LogP contribution in [0.4, 0.5) is 5.82 Å². The van der Waals surface area contributed by atoms with Crippen LogP contribution < -0.4 is 4.90 Å². The Morgan fingerprint density at radius 1 is 1.24 bits per heavy atom. The molecular formula is C14H17N5OS. The molecule has 21 heavy (non-hydrogen) atoms. The van der Waals surface area contributed by atoms with Crippen molar-refractivity contribution in [2.75, 3.05) is 42.6 Å². The van der Waals surface area contributed by atoms with Crippen molar-refractivity contribution in [3.63, 3.8) is 0 Å². The monoisotopic (exact) mass is 303 g/mol. The van der Waals surface area contributed by atoms with Crippen molar-refractivity contribution in [3.05, 3.63) is 24.7 Å². The predicted molar refractivity (Wildman–Crippen MR) is 82.6 cm³/mol. The molecule has 0 atom stereocenters. The molecule has 0 radical (unpaired) electrons. The molecule has 0 N–H and O–H groups in total. The fourth-order valence-electron chi connectivity index (χ4n) is 2.94. The van der Waals surface area contributed by atoms with E-state index in [1.807, 2.05) is 33.4 Å². The van der Waals surface area contributed by atoms with Gasteiger partial charge >= 0.3 is 0 Å². The van der Waals surface area contributed by atoms with E-state index in [1.165, 1.54) is 0 Å². The lowest BCUT2D eigenvalue weighted by molar-refractivity contribution is -0.135. The second-order valence-electron chi connectivity index (χ2n) is 5.45. The highest BCUT2D eigenvalue weighted by molar-refractivity contribution is 7.99. The van der Waals surface area contributed by atoms with E-state index in [1.54, 1.807) is 12.4 Å². The molecule has 0 aromatic carbocycles. The van der Waals surface area contributed by atoms with Crippen molar-refractivity contribution in [2.24, 2.45) is 5.92 Å². The summed E-state index contributed by atoms with van der Waals surface area (Å²) in [6.07, 6.45) is 5.37. The number of nitrogens with zero attached hydrogens (tertiary/aromatic N) is 5. The van der Waals surface area contributed by atoms with Crippen LogP contribution in [0.5, 0.6) is 0 Å². The van der Waals surface area contributed by atoms with E-state index in [4.69, 9.17) is 0 Å². The van der Waals surface area contributed by atoms with Gasteiger partial charge in [0.15, 0.2) is 5.82 Å². The van der Waals surface area contributed by atoms with E-state index in [0.717, 1.165) is 49.0 Å². The molecule has 7 heteroatoms. The zero-order valence-electron chi connectivity index (χ0n) is 11.7. The van der Waals surface area contributed by atoms with E-state index in [9.17, 15) is 4.79 Å². The van der Waals surface area contributed by atoms with Gasteiger partial charge < -0.3 is 9.80 Å². The molecule has 6 nitrogen and oxygen atoms in total. The highest BCUT2D eigenvalue weighted by Crippen LogP contribution is 2.28. The smallest absolute Gasteiger partial charge is 0.229 e. The Labute approximate surface area is 127 Å². The molecule has 2 aromatic heterocycles. The van der Waals surface area contributed by atoms with Crippen LogP contribution in [0.25, 0.3) is 5.52 Å². The van der Waals surface area contributed by atoms with E-state index < -0.39 is 0 Å². The highest BCUT2D eigenvalue weighted by Gasteiger charge is 2.37. The average molecular weight is 303 g/mol. The first-order valence-electron chi connectivity index (χ1n) is 7.23. The number of fused-ring (bicyclic) bond motifs is 1. The van der Waals surface area contributed by atoms with Gasteiger partial charge in [0.25, 0.3) is 0 Å². The van der Waals surface area contributed by atoms with Gasteiger partial charge in [0.2, 0.25) is 5.91 Å². The van der Waals surface area contributed by atoms with Crippen molar-refractivity contribution < 1.29 is 4.79 Å². The molecular weight excluding hydrogens is 286 g/mol. The molecule has 4 heterocycles. The Hall–Kier alpha value is -1.76. The minimum Gasteiger partial charge on any atom is -0.353 e. The maximum Gasteiger partial charge on any atom is 0.229 e. The number of amides is 1. The van der Waals surface area contributed by atoms with Gasteiger partial charge in [-0.2, -0.15) is 16.9 Å². The lowest BCUT2D eigenvalue weighted by Gasteiger charge is -2.42. The molecule has 1 amide bonds. The van der Waals surface area contributed by atoms with Crippen molar-refractivity contribution in [1.82, 2.24) is 19.5 Å². The fourth-order valence-corrected chi connectivity index (χ4v) is 3.84. The van der Waals surface area contributed by atoms with Crippen molar-refractivity contribution >= 4 is 29.0 Å². The van der Waals surface area contributed by atoms with E-state index in [2.05, 4.69) is 15.0 Å². The summed E-state index contributed by atoms with van der Waals surface area (Å²) >= 11 is 1.93. The zero-order valence-corrected chi connectivity index (χ0v) is 12.5. The number of rotatable bonds is 2. The quantitative estimate of drug-likeness (QED) is 0.819. The largest absolute Gasteiger partial charge is 0.353 e. The van der Waals surface area contributed by atoms with Gasteiger partial charge in [0.05, 0.1) is 12.1 Å². The van der Waals surface area contributed by atoms with E-state index in [0.29, 0.717) is 5.91 Å². The van der Waals surface area contributed by atoms with E-state index >= 15 is 0 Å². The lowest BCUT2D eigenvalue weighted by Crippen LogP contribution is -2.56. The number of hydrogen-bond donors (Lipinski definition) is 0. The summed E-state index contributed by atoms with van der Waals surface area (Å²) in [5, 5.41) is 4.22. The fraction of sp³-hybridized carbons (Fsp3) is 0.500. The maximum atomic E-state index is 12.4. The molecule has 2 aliphatic heterocycles. The molecule has 0 aliphatic carbocycles. The zero-order chi connectivity index (χ0) is 14.2. The first-order valence-corrected chi connectivity index (χ1v) is 8.38. The number of carbonyl (C=O) groups is 1. The SMILES string of the molecule is O=C(C1CN(c2nccn3nccc23)C1)N1CCSCC1. The van der Waals surface area contributed by atoms with Crippen molar-refractivity contribution in [2.45, 2.75) is 0 Å². The summed E-state index contributed by atoms with van der Waals surface area (Å²) in [6, 6.07) is 1.96. The molecule has 110 valence electrons. The van der Waals surface area contributed by atoms with Crippen LogP contribution >= 0.6 is 11.8 Å². The molecule has 0 bridgehead atoms. The van der Waals surface area contributed by atoms with Gasteiger partial charge in [-0.15, -0.1) is 0 Å². The lowest BCUT2D eigenvalue weighted by atomic mass is 9.98. The number of hydrogen-bond acceptors (Lipinski definition) is 5. The van der Waals surface area contributed by atoms with Gasteiger partial charge in [0, 0.05) is 50.1 Å². The van der Waals surface area contributed by atoms with Crippen molar-refractivity contribution in [1.29, 1.82) is 0 Å². The second-order valence-corrected chi connectivity index (χ2v) is 6.68. The van der Waals surface area contributed by atoms with E-state index in [-0.39, 0.29) is 5.92 Å². The van der Waals surface area contributed by atoms with Gasteiger partial charge in [-0.05, 0) is 6.07 Å².